The van der Waals surface area contributed by atoms with Crippen molar-refractivity contribution in [2.24, 2.45) is 29.7 Å². The fraction of sp³-hybridized carbons (Fsp3) is 0.567. The number of carbonyl (C=O) groups is 2. The largest absolute Gasteiger partial charge is 0.390 e. The number of carbonyl (C=O) groups excluding carboxylic acids is 2. The predicted molar refractivity (Wildman–Crippen MR) is 138 cm³/mol. The summed E-state index contributed by atoms with van der Waals surface area (Å²) in [6.45, 7) is 2.30. The molecule has 0 amide bonds. The summed E-state index contributed by atoms with van der Waals surface area (Å²) in [6, 6.07) is 4.98. The van der Waals surface area contributed by atoms with E-state index in [0.717, 1.165) is 6.08 Å². The number of halogens is 3. The number of aryl methyl sites for hydroxylation is 1. The average Bonchev–Trinajstić information content (AvgIpc) is 3.54. The third-order valence-corrected chi connectivity index (χ3v) is 11.0. The van der Waals surface area contributed by atoms with Crippen molar-refractivity contribution in [3.8, 4) is 0 Å². The van der Waals surface area contributed by atoms with Gasteiger partial charge in [-0.3, -0.25) is 14.3 Å². The lowest BCUT2D eigenvalue weighted by molar-refractivity contribution is -0.235. The van der Waals surface area contributed by atoms with Crippen molar-refractivity contribution in [3.63, 3.8) is 0 Å². The number of aromatic nitrogens is 2. The van der Waals surface area contributed by atoms with Crippen LogP contribution in [0.5, 0.6) is 0 Å². The van der Waals surface area contributed by atoms with E-state index in [2.05, 4.69) is 5.10 Å². The molecule has 8 nitrogen and oxygen atoms in total. The Hall–Kier alpha value is -2.86. The molecule has 41 heavy (non-hydrogen) atoms. The molecule has 1 saturated heterocycles. The second-order valence-corrected chi connectivity index (χ2v) is 12.6. The lowest BCUT2D eigenvalue weighted by Gasteiger charge is -2.63. The van der Waals surface area contributed by atoms with Gasteiger partial charge in [-0.1, -0.05) is 25.1 Å². The number of hydrogen-bond donors (Lipinski definition) is 2. The first kappa shape index (κ1) is 27.0. The minimum Gasteiger partial charge on any atom is -0.390 e. The number of aliphatic hydroxyl groups is 2. The molecule has 0 radical (unpaired) electrons. The highest BCUT2D eigenvalue weighted by atomic mass is 19.1. The van der Waals surface area contributed by atoms with E-state index >= 15 is 8.78 Å². The molecular weight excluding hydrogens is 541 g/mol. The number of fused-ring (bicyclic) bond motifs is 8. The number of allylic oxidation sites excluding steroid dienone is 4. The first-order valence-corrected chi connectivity index (χ1v) is 13.9. The van der Waals surface area contributed by atoms with Crippen LogP contribution in [-0.4, -0.2) is 67.8 Å². The zero-order valence-corrected chi connectivity index (χ0v) is 22.8. The minimum absolute atomic E-state index is 0.00454. The van der Waals surface area contributed by atoms with Crippen molar-refractivity contribution in [3.05, 3.63) is 53.5 Å². The van der Waals surface area contributed by atoms with Crippen molar-refractivity contribution in [2.75, 3.05) is 6.61 Å². The predicted octanol–water partition coefficient (Wildman–Crippen LogP) is 3.36. The summed E-state index contributed by atoms with van der Waals surface area (Å²) < 4.78 is 62.3. The second kappa shape index (κ2) is 8.37. The molecule has 1 aliphatic heterocycles. The maximum Gasteiger partial charge on any atom is 0.240 e. The Kier molecular flexibility index (Phi) is 5.51. The summed E-state index contributed by atoms with van der Waals surface area (Å²) in [5.41, 5.74) is -6.18. The number of ketones is 2. The van der Waals surface area contributed by atoms with Gasteiger partial charge in [-0.25, -0.2) is 8.78 Å². The highest BCUT2D eigenvalue weighted by molar-refractivity contribution is 6.01. The molecule has 2 aromatic rings. The molecule has 0 spiro atoms. The van der Waals surface area contributed by atoms with Crippen LogP contribution < -0.4 is 0 Å². The second-order valence-electron chi connectivity index (χ2n) is 12.6. The maximum atomic E-state index is 17.5. The van der Waals surface area contributed by atoms with E-state index in [1.807, 2.05) is 0 Å². The van der Waals surface area contributed by atoms with Crippen molar-refractivity contribution in [2.45, 2.75) is 69.0 Å². The first-order chi connectivity index (χ1) is 19.3. The van der Waals surface area contributed by atoms with Gasteiger partial charge >= 0.3 is 0 Å². The summed E-state index contributed by atoms with van der Waals surface area (Å²) in [7, 11) is 1.59. The van der Waals surface area contributed by atoms with Crippen LogP contribution in [0.3, 0.4) is 0 Å². The van der Waals surface area contributed by atoms with Crippen LogP contribution in [0.25, 0.3) is 10.9 Å². The molecule has 10 atom stereocenters. The van der Waals surface area contributed by atoms with Crippen LogP contribution in [0.2, 0.25) is 0 Å². The molecule has 4 fully saturated rings. The Morgan fingerprint density at radius 1 is 1.24 bits per heavy atom. The van der Waals surface area contributed by atoms with Gasteiger partial charge in [-0.15, -0.1) is 5.10 Å². The van der Waals surface area contributed by atoms with Gasteiger partial charge < -0.3 is 19.7 Å². The zero-order valence-electron chi connectivity index (χ0n) is 22.8. The van der Waals surface area contributed by atoms with E-state index in [-0.39, 0.29) is 30.2 Å². The van der Waals surface area contributed by atoms with Gasteiger partial charge in [-0.2, -0.15) is 4.39 Å². The summed E-state index contributed by atoms with van der Waals surface area (Å²) in [5.74, 6) is -3.60. The van der Waals surface area contributed by atoms with Crippen molar-refractivity contribution in [1.82, 2.24) is 9.78 Å². The highest BCUT2D eigenvalue weighted by Gasteiger charge is 2.80. The average molecular weight is 573 g/mol. The van der Waals surface area contributed by atoms with Crippen LogP contribution >= 0.6 is 0 Å². The van der Waals surface area contributed by atoms with Crippen LogP contribution in [0, 0.1) is 28.6 Å². The number of Topliss-reactive ketones (excluding diaryl/α,β-unsaturated/α-hetero) is 1. The SMILES string of the molecule is Cn1nc(F)c2c([C@@H]3O[C@@H]4C[C@H]5[C@@H]6C[C@H](F)C7=CC(=O)C=C[C@]7(C)[C@@]6(F)[C@@H](O)C[C@]5(C)[C@]4(C(=O)CO)O3)cccc21. The number of alkyl halides is 2. The van der Waals surface area contributed by atoms with E-state index in [1.54, 1.807) is 32.2 Å². The molecule has 2 N–H and O–H groups in total. The smallest absolute Gasteiger partial charge is 0.240 e. The van der Waals surface area contributed by atoms with Gasteiger partial charge in [-0.05, 0) is 55.9 Å². The molecule has 7 rings (SSSR count). The molecule has 1 aromatic heterocycles. The molecule has 218 valence electrons. The number of rotatable bonds is 3. The monoisotopic (exact) mass is 572 g/mol. The van der Waals surface area contributed by atoms with Gasteiger partial charge in [0, 0.05) is 29.4 Å². The molecule has 11 heteroatoms. The maximum absolute atomic E-state index is 17.5. The Morgan fingerprint density at radius 2 is 2.00 bits per heavy atom. The van der Waals surface area contributed by atoms with Gasteiger partial charge in [0.1, 0.15) is 12.8 Å². The number of nitrogens with zero attached hydrogens (tertiary/aromatic N) is 2. The van der Waals surface area contributed by atoms with Gasteiger partial charge in [0.25, 0.3) is 0 Å². The Bertz CT molecular complexity index is 1570. The molecule has 4 aliphatic carbocycles. The fourth-order valence-corrected chi connectivity index (χ4v) is 9.19. The molecule has 2 heterocycles. The highest BCUT2D eigenvalue weighted by Crippen LogP contribution is 2.72. The summed E-state index contributed by atoms with van der Waals surface area (Å²) >= 11 is 0. The number of benzene rings is 1. The van der Waals surface area contributed by atoms with Crippen LogP contribution in [0.1, 0.15) is 45.0 Å². The zero-order chi connectivity index (χ0) is 29.3. The molecule has 1 aromatic carbocycles. The van der Waals surface area contributed by atoms with Gasteiger partial charge in [0.05, 0.1) is 23.1 Å². The third-order valence-electron chi connectivity index (χ3n) is 11.0. The normalized spacial score (nSPS) is 44.8. The summed E-state index contributed by atoms with van der Waals surface area (Å²) in [4.78, 5) is 25.8. The lowest BCUT2D eigenvalue weighted by Crippen LogP contribution is -2.70. The Morgan fingerprint density at radius 3 is 2.73 bits per heavy atom. The van der Waals surface area contributed by atoms with E-state index in [9.17, 15) is 24.2 Å². The topological polar surface area (TPSA) is 111 Å². The molecule has 5 aliphatic rings. The quantitative estimate of drug-likeness (QED) is 0.581. The van der Waals surface area contributed by atoms with Gasteiger partial charge in [0.15, 0.2) is 29.1 Å². The fourth-order valence-electron chi connectivity index (χ4n) is 9.19. The third kappa shape index (κ3) is 3.02. The van der Waals surface area contributed by atoms with Gasteiger partial charge in [0.2, 0.25) is 5.95 Å². The molecule has 0 bridgehead atoms. The number of hydrogen-bond acceptors (Lipinski definition) is 7. The van der Waals surface area contributed by atoms with Crippen LogP contribution in [-0.2, 0) is 26.1 Å². The van der Waals surface area contributed by atoms with E-state index < -0.39 is 82.7 Å². The summed E-state index contributed by atoms with van der Waals surface area (Å²) in [6.07, 6.45) is -2.23. The summed E-state index contributed by atoms with van der Waals surface area (Å²) in [5, 5.41) is 25.7. The molecular formula is C30H31F3N2O6. The van der Waals surface area contributed by atoms with Crippen molar-refractivity contribution in [1.29, 1.82) is 0 Å². The Labute approximate surface area is 233 Å². The van der Waals surface area contributed by atoms with Crippen LogP contribution in [0.15, 0.2) is 42.0 Å². The van der Waals surface area contributed by atoms with E-state index in [1.165, 1.54) is 23.8 Å². The van der Waals surface area contributed by atoms with Crippen molar-refractivity contribution >= 4 is 22.5 Å². The van der Waals surface area contributed by atoms with Crippen molar-refractivity contribution < 1.29 is 42.4 Å². The number of aliphatic hydroxyl groups excluding tert-OH is 2. The molecule has 0 unspecified atom stereocenters. The van der Waals surface area contributed by atoms with Crippen LogP contribution in [0.4, 0.5) is 13.2 Å². The number of ether oxygens (including phenoxy) is 2. The molecule has 3 saturated carbocycles. The van der Waals surface area contributed by atoms with E-state index in [4.69, 9.17) is 9.47 Å². The first-order valence-electron chi connectivity index (χ1n) is 13.9. The standard InChI is InChI=1S/C30H31F3N2O6/c1-27-8-7-14(37)9-18(27)19(31)10-17-16-11-23-30(22(39)13-36,28(16,2)12-21(38)29(17,27)33)41-26(40-23)15-5-4-6-20-24(15)25(32)34-35(20)3/h4-9,16-17,19,21,23,26,36,38H,10-13H2,1-3H3/t16-,17-,19-,21-,23+,26+,27-,28-,29-,30+/m0/s1. The minimum atomic E-state index is -2.34. The van der Waals surface area contributed by atoms with E-state index in [0.29, 0.717) is 11.1 Å². The lowest BCUT2D eigenvalue weighted by atomic mass is 9.44. The Balaban J connectivity index is 1.34.